The van der Waals surface area contributed by atoms with Gasteiger partial charge in [-0.3, -0.25) is 9.59 Å². The van der Waals surface area contributed by atoms with E-state index in [4.69, 9.17) is 21.1 Å². The van der Waals surface area contributed by atoms with Crippen LogP contribution in [0.15, 0.2) is 36.4 Å². The fourth-order valence-electron chi connectivity index (χ4n) is 4.46. The molecule has 37 heavy (non-hydrogen) atoms. The van der Waals surface area contributed by atoms with Crippen LogP contribution in [0.5, 0.6) is 11.5 Å². The molecule has 4 rings (SSSR count). The second-order valence-electron chi connectivity index (χ2n) is 9.36. The first-order chi connectivity index (χ1) is 17.7. The Hall–Kier alpha value is -2.72. The molecule has 2 N–H and O–H groups in total. The first kappa shape index (κ1) is 27.3. The van der Waals surface area contributed by atoms with Crippen molar-refractivity contribution in [3.05, 3.63) is 57.7 Å². The molecule has 1 aliphatic heterocycles. The minimum Gasteiger partial charge on any atom is -0.490 e. The number of carbonyl (C=O) groups is 2. The van der Waals surface area contributed by atoms with Gasteiger partial charge in [-0.05, 0) is 81.1 Å². The fraction of sp³-hybridized carbons (Fsp3) is 0.407. The number of carbonyl (C=O) groups excluding carboxylic acids is 2. The molecule has 0 spiro atoms. The first-order valence-corrected chi connectivity index (χ1v) is 13.3. The van der Waals surface area contributed by atoms with Crippen molar-refractivity contribution in [3.63, 3.8) is 0 Å². The highest BCUT2D eigenvalue weighted by Crippen LogP contribution is 2.35. The second-order valence-corrected chi connectivity index (χ2v) is 10.9. The van der Waals surface area contributed by atoms with E-state index in [-0.39, 0.29) is 28.0 Å². The number of Topliss-reactive ketones (excluding diaryl/α,β-unsaturated/α-hetero) is 1. The fourth-order valence-corrected chi connectivity index (χ4v) is 5.74. The highest BCUT2D eigenvalue weighted by Gasteiger charge is 2.31. The number of halogens is 2. The van der Waals surface area contributed by atoms with Crippen LogP contribution in [-0.2, 0) is 4.79 Å². The van der Waals surface area contributed by atoms with E-state index in [0.29, 0.717) is 11.6 Å². The van der Waals surface area contributed by atoms with Crippen LogP contribution in [0, 0.1) is 5.82 Å². The maximum Gasteiger partial charge on any atom is 0.293 e. The Morgan fingerprint density at radius 3 is 2.59 bits per heavy atom. The van der Waals surface area contributed by atoms with Gasteiger partial charge >= 0.3 is 0 Å². The average molecular weight is 549 g/mol. The van der Waals surface area contributed by atoms with Gasteiger partial charge in [-0.2, -0.15) is 0 Å². The molecule has 0 saturated carbocycles. The Morgan fingerprint density at radius 1 is 1.19 bits per heavy atom. The first-order valence-electron chi connectivity index (χ1n) is 12.1. The lowest BCUT2D eigenvalue weighted by molar-refractivity contribution is -0.118. The number of likely N-dealkylation sites (tertiary alicyclic amines) is 1. The number of fused-ring (bicyclic) bond motifs is 1. The summed E-state index contributed by atoms with van der Waals surface area (Å²) in [5.74, 6) is -2.15. The van der Waals surface area contributed by atoms with Crippen LogP contribution in [-0.4, -0.2) is 60.6 Å². The highest BCUT2D eigenvalue weighted by atomic mass is 35.5. The lowest BCUT2D eigenvalue weighted by atomic mass is 10.00. The molecule has 0 unspecified atom stereocenters. The molecule has 7 nitrogen and oxygen atoms in total. The zero-order valence-corrected chi connectivity index (χ0v) is 22.5. The summed E-state index contributed by atoms with van der Waals surface area (Å²) >= 11 is 7.23. The molecule has 2 aromatic carbocycles. The van der Waals surface area contributed by atoms with Gasteiger partial charge in [0.2, 0.25) is 0 Å². The number of nitrogens with one attached hydrogen (secondary N) is 1. The summed E-state index contributed by atoms with van der Waals surface area (Å²) in [6.07, 6.45) is 0.454. The Labute approximate surface area is 224 Å². The van der Waals surface area contributed by atoms with E-state index in [2.05, 4.69) is 10.2 Å². The molecule has 1 amide bonds. The van der Waals surface area contributed by atoms with Crippen molar-refractivity contribution in [1.29, 1.82) is 0 Å². The largest absolute Gasteiger partial charge is 0.490 e. The summed E-state index contributed by atoms with van der Waals surface area (Å²) in [5, 5.41) is 15.4. The molecule has 10 heteroatoms. The topological polar surface area (TPSA) is 88.1 Å². The molecule has 3 aromatic rings. The van der Waals surface area contributed by atoms with Crippen LogP contribution < -0.4 is 14.8 Å². The van der Waals surface area contributed by atoms with Crippen molar-refractivity contribution in [2.45, 2.75) is 44.9 Å². The normalized spacial score (nSPS) is 15.6. The maximum absolute atomic E-state index is 14.9. The molecule has 2 heterocycles. The SMILES string of the molecule is COc1c(F)cc([C@@H](O)[C@@H](CN2CCCC2)NC(=O)C(=O)c2cc3ccc(Cl)cc3s2)cc1OC(C)C. The summed E-state index contributed by atoms with van der Waals surface area (Å²) in [6.45, 7) is 5.51. The van der Waals surface area contributed by atoms with Crippen LogP contribution in [0.1, 0.15) is 48.0 Å². The molecule has 1 aliphatic rings. The third-order valence-corrected chi connectivity index (χ3v) is 7.54. The van der Waals surface area contributed by atoms with E-state index in [0.717, 1.165) is 42.1 Å². The van der Waals surface area contributed by atoms with E-state index >= 15 is 0 Å². The number of thiophene rings is 1. The molecule has 1 saturated heterocycles. The Bertz CT molecular complexity index is 1290. The summed E-state index contributed by atoms with van der Waals surface area (Å²) in [6, 6.07) is 8.71. The highest BCUT2D eigenvalue weighted by molar-refractivity contribution is 7.21. The summed E-state index contributed by atoms with van der Waals surface area (Å²) in [5.41, 5.74) is 0.211. The summed E-state index contributed by atoms with van der Waals surface area (Å²) in [7, 11) is 1.34. The predicted molar refractivity (Wildman–Crippen MR) is 142 cm³/mol. The van der Waals surface area contributed by atoms with E-state index in [1.165, 1.54) is 24.5 Å². The molecule has 198 valence electrons. The minimum absolute atomic E-state index is 0.0650. The van der Waals surface area contributed by atoms with Gasteiger partial charge in [-0.25, -0.2) is 4.39 Å². The lowest BCUT2D eigenvalue weighted by Crippen LogP contribution is -2.48. The minimum atomic E-state index is -1.30. The number of ether oxygens (including phenoxy) is 2. The average Bonchev–Trinajstić information content (AvgIpc) is 3.51. The van der Waals surface area contributed by atoms with Crippen LogP contribution in [0.3, 0.4) is 0 Å². The molecule has 0 aliphatic carbocycles. The van der Waals surface area contributed by atoms with Gasteiger partial charge in [0.1, 0.15) is 6.10 Å². The third kappa shape index (κ3) is 6.41. The number of rotatable bonds is 10. The summed E-state index contributed by atoms with van der Waals surface area (Å²) < 4.78 is 26.5. The molecule has 2 atom stereocenters. The van der Waals surface area contributed by atoms with Crippen molar-refractivity contribution < 1.29 is 28.6 Å². The Morgan fingerprint density at radius 2 is 1.92 bits per heavy atom. The van der Waals surface area contributed by atoms with E-state index in [1.807, 2.05) is 0 Å². The van der Waals surface area contributed by atoms with Gasteiger partial charge in [0.05, 0.1) is 24.1 Å². The lowest BCUT2D eigenvalue weighted by Gasteiger charge is -2.29. The van der Waals surface area contributed by atoms with Crippen LogP contribution in [0.25, 0.3) is 10.1 Å². The van der Waals surface area contributed by atoms with Gasteiger partial charge in [-0.15, -0.1) is 11.3 Å². The van der Waals surface area contributed by atoms with Crippen LogP contribution in [0.4, 0.5) is 4.39 Å². The number of aliphatic hydroxyl groups excluding tert-OH is 1. The molecule has 0 bridgehead atoms. The van der Waals surface area contributed by atoms with E-state index < -0.39 is 29.7 Å². The van der Waals surface area contributed by atoms with Crippen molar-refractivity contribution in [1.82, 2.24) is 10.2 Å². The van der Waals surface area contributed by atoms with Crippen LogP contribution >= 0.6 is 22.9 Å². The third-order valence-electron chi connectivity index (χ3n) is 6.20. The number of ketones is 1. The van der Waals surface area contributed by atoms with Crippen molar-refractivity contribution in [2.24, 2.45) is 0 Å². The molecule has 1 aromatic heterocycles. The molecule has 1 fully saturated rings. The van der Waals surface area contributed by atoms with Gasteiger partial charge in [0, 0.05) is 16.3 Å². The Kier molecular flexibility index (Phi) is 8.69. The standard InChI is InChI=1S/C27H30ClFN2O5S/c1-15(2)36-21-11-17(10-19(29)26(21)35-3)24(32)20(14-31-8-4-5-9-31)30-27(34)25(33)23-12-16-6-7-18(28)13-22(16)37-23/h6-7,10-13,15,20,24,32H,4-5,8-9,14H2,1-3H3,(H,30,34)/t20-,24-/m1/s1. The number of methoxy groups -OCH3 is 1. The van der Waals surface area contributed by atoms with E-state index in [1.54, 1.807) is 38.1 Å². The van der Waals surface area contributed by atoms with Gasteiger partial charge in [0.25, 0.3) is 11.7 Å². The second kappa shape index (κ2) is 11.8. The smallest absolute Gasteiger partial charge is 0.293 e. The Balaban J connectivity index is 1.60. The predicted octanol–water partition coefficient (Wildman–Crippen LogP) is 4.99. The maximum atomic E-state index is 14.9. The summed E-state index contributed by atoms with van der Waals surface area (Å²) in [4.78, 5) is 28.4. The van der Waals surface area contributed by atoms with Crippen LogP contribution in [0.2, 0.25) is 5.02 Å². The van der Waals surface area contributed by atoms with Gasteiger partial charge in [-0.1, -0.05) is 17.7 Å². The van der Waals surface area contributed by atoms with E-state index in [9.17, 15) is 19.1 Å². The number of aliphatic hydroxyl groups is 1. The number of nitrogens with zero attached hydrogens (tertiary/aromatic N) is 1. The molecule has 0 radical (unpaired) electrons. The van der Waals surface area contributed by atoms with Crippen molar-refractivity contribution >= 4 is 44.7 Å². The molecular weight excluding hydrogens is 519 g/mol. The number of benzene rings is 2. The van der Waals surface area contributed by atoms with Crippen molar-refractivity contribution in [2.75, 3.05) is 26.7 Å². The zero-order valence-electron chi connectivity index (χ0n) is 20.9. The van der Waals surface area contributed by atoms with Gasteiger partial charge in [0.15, 0.2) is 17.3 Å². The zero-order chi connectivity index (χ0) is 26.7. The number of hydrogen-bond acceptors (Lipinski definition) is 7. The number of amides is 1. The monoisotopic (exact) mass is 548 g/mol. The van der Waals surface area contributed by atoms with Crippen molar-refractivity contribution in [3.8, 4) is 11.5 Å². The van der Waals surface area contributed by atoms with Gasteiger partial charge < -0.3 is 24.8 Å². The number of hydrogen-bond donors (Lipinski definition) is 2. The quantitative estimate of drug-likeness (QED) is 0.274. The molecular formula is C27H30ClFN2O5S.